The third-order valence-electron chi connectivity index (χ3n) is 3.06. The van der Waals surface area contributed by atoms with Crippen LogP contribution in [0.1, 0.15) is 20.8 Å². The highest BCUT2D eigenvalue weighted by Crippen LogP contribution is 2.46. The Labute approximate surface area is 127 Å². The van der Waals surface area contributed by atoms with E-state index in [9.17, 15) is 0 Å². The maximum Gasteiger partial charge on any atom is 0.0307 e. The van der Waals surface area contributed by atoms with Crippen LogP contribution in [0, 0.1) is 5.41 Å². The predicted molar refractivity (Wildman–Crippen MR) is 95.0 cm³/mol. The van der Waals surface area contributed by atoms with Crippen molar-refractivity contribution in [2.24, 2.45) is 5.41 Å². The Bertz CT molecular complexity index is 578. The van der Waals surface area contributed by atoms with Gasteiger partial charge in [0.05, 0.1) is 0 Å². The molecule has 2 rings (SSSR count). The lowest BCUT2D eigenvalue weighted by Crippen LogP contribution is -2.14. The van der Waals surface area contributed by atoms with Gasteiger partial charge in [0.15, 0.2) is 0 Å². The minimum absolute atomic E-state index is 0.146. The molecule has 0 saturated heterocycles. The zero-order chi connectivity index (χ0) is 14.6. The molecule has 0 fully saturated rings. The summed E-state index contributed by atoms with van der Waals surface area (Å²) in [7, 11) is 0. The topological polar surface area (TPSA) is 0 Å². The molecule has 0 atom stereocenters. The van der Waals surface area contributed by atoms with Crippen molar-refractivity contribution >= 4 is 28.5 Å². The van der Waals surface area contributed by atoms with Crippen molar-refractivity contribution in [3.8, 4) is 0 Å². The van der Waals surface area contributed by atoms with E-state index in [4.69, 9.17) is 11.8 Å². The molecule has 0 aliphatic rings. The molecule has 2 heteroatoms. The van der Waals surface area contributed by atoms with Crippen LogP contribution in [0.15, 0.2) is 72.6 Å². The third-order valence-corrected chi connectivity index (χ3v) is 7.39. The lowest BCUT2D eigenvalue weighted by atomic mass is 9.98. The van der Waals surface area contributed by atoms with Gasteiger partial charge >= 0.3 is 0 Å². The van der Waals surface area contributed by atoms with E-state index in [0.29, 0.717) is 0 Å². The minimum Gasteiger partial charge on any atom is -0.0832 e. The summed E-state index contributed by atoms with van der Waals surface area (Å²) in [6, 6.07) is 19.1. The average molecular weight is 300 g/mol. The van der Waals surface area contributed by atoms with Crippen LogP contribution in [-0.4, -0.2) is 0 Å². The van der Waals surface area contributed by atoms with Crippen molar-refractivity contribution in [1.82, 2.24) is 0 Å². The molecule has 20 heavy (non-hydrogen) atoms. The maximum absolute atomic E-state index is 6.13. The molecule has 0 nitrogen and oxygen atoms in total. The summed E-state index contributed by atoms with van der Waals surface area (Å²) < 4.78 is 0. The highest BCUT2D eigenvalue weighted by atomic mass is 32.4. The number of hydrogen-bond donors (Lipinski definition) is 0. The summed E-state index contributed by atoms with van der Waals surface area (Å²) in [5.74, 6) is 2.27. The first-order valence-corrected chi connectivity index (χ1v) is 9.70. The minimum atomic E-state index is -1.87. The smallest absolute Gasteiger partial charge is 0.0307 e. The fraction of sp³-hybridized carbons (Fsp3) is 0.222. The van der Waals surface area contributed by atoms with Crippen molar-refractivity contribution in [3.05, 3.63) is 72.6 Å². The van der Waals surface area contributed by atoms with E-state index in [1.807, 2.05) is 12.1 Å². The van der Waals surface area contributed by atoms with Crippen molar-refractivity contribution in [2.45, 2.75) is 20.8 Å². The first-order valence-electron chi connectivity index (χ1n) is 6.83. The molecule has 2 aromatic rings. The van der Waals surface area contributed by atoms with Gasteiger partial charge in [-0.2, -0.15) is 0 Å². The van der Waals surface area contributed by atoms with Crippen molar-refractivity contribution < 1.29 is 0 Å². The van der Waals surface area contributed by atoms with E-state index < -0.39 is 6.04 Å². The Hall–Kier alpha value is -1.17. The van der Waals surface area contributed by atoms with Crippen LogP contribution in [0.2, 0.25) is 0 Å². The van der Waals surface area contributed by atoms with Crippen LogP contribution < -0.4 is 10.6 Å². The molecule has 0 N–H and O–H groups in total. The van der Waals surface area contributed by atoms with Gasteiger partial charge in [-0.1, -0.05) is 99.3 Å². The molecule has 0 aliphatic carbocycles. The highest BCUT2D eigenvalue weighted by molar-refractivity contribution is 8.23. The molecule has 0 aliphatic heterocycles. The number of allylic oxidation sites excluding steroid dienone is 1. The molecule has 0 saturated carbocycles. The first-order chi connectivity index (χ1) is 9.42. The normalized spacial score (nSPS) is 12.8. The van der Waals surface area contributed by atoms with Gasteiger partial charge in [-0.05, 0) is 21.8 Å². The van der Waals surface area contributed by atoms with Gasteiger partial charge in [-0.15, -0.1) is 0 Å². The standard InChI is InChI=1S/C18H21PS/c1-18(2,3)14-15-19(20,16-10-6-4-7-11-16)17-12-8-5-9-13-17/h4-15H,1-3H3/b15-14+. The SMILES string of the molecule is CC(C)(C)/C=C/P(=S)(c1ccccc1)c1ccccc1. The Balaban J connectivity index is 2.56. The van der Waals surface area contributed by atoms with E-state index in [2.05, 4.69) is 81.2 Å². The van der Waals surface area contributed by atoms with Gasteiger partial charge in [0.1, 0.15) is 0 Å². The third kappa shape index (κ3) is 3.69. The molecule has 0 heterocycles. The van der Waals surface area contributed by atoms with Gasteiger partial charge in [-0.25, -0.2) is 0 Å². The second-order valence-electron chi connectivity index (χ2n) is 6.01. The maximum atomic E-state index is 6.13. The summed E-state index contributed by atoms with van der Waals surface area (Å²) >= 11 is 6.13. The van der Waals surface area contributed by atoms with Gasteiger partial charge in [-0.3, -0.25) is 0 Å². The lowest BCUT2D eigenvalue weighted by molar-refractivity contribution is 0.545. The van der Waals surface area contributed by atoms with Crippen LogP contribution in [0.5, 0.6) is 0 Å². The first kappa shape index (κ1) is 15.2. The second kappa shape index (κ2) is 6.08. The molecule has 104 valence electrons. The quantitative estimate of drug-likeness (QED) is 0.742. The monoisotopic (exact) mass is 300 g/mol. The van der Waals surface area contributed by atoms with Crippen LogP contribution in [0.4, 0.5) is 0 Å². The summed E-state index contributed by atoms with van der Waals surface area (Å²) in [6.45, 7) is 6.62. The largest absolute Gasteiger partial charge is 0.0832 e. The molecule has 0 amide bonds. The van der Waals surface area contributed by atoms with Crippen LogP contribution >= 0.6 is 6.04 Å². The number of rotatable bonds is 3. The van der Waals surface area contributed by atoms with Crippen molar-refractivity contribution in [2.75, 3.05) is 0 Å². The molecular formula is C18H21PS. The van der Waals surface area contributed by atoms with Gasteiger partial charge in [0.2, 0.25) is 0 Å². The predicted octanol–water partition coefficient (Wildman–Crippen LogP) is 4.68. The molecule has 0 aromatic heterocycles. The zero-order valence-corrected chi connectivity index (χ0v) is 14.0. The van der Waals surface area contributed by atoms with E-state index in [0.717, 1.165) is 0 Å². The lowest BCUT2D eigenvalue weighted by Gasteiger charge is -2.21. The molecule has 2 aromatic carbocycles. The van der Waals surface area contributed by atoms with Crippen LogP contribution in [0.3, 0.4) is 0 Å². The van der Waals surface area contributed by atoms with Crippen LogP contribution in [0.25, 0.3) is 0 Å². The Kier molecular flexibility index (Phi) is 4.62. The van der Waals surface area contributed by atoms with Crippen molar-refractivity contribution in [1.29, 1.82) is 0 Å². The molecule has 0 bridgehead atoms. The van der Waals surface area contributed by atoms with Crippen molar-refractivity contribution in [3.63, 3.8) is 0 Å². The average Bonchev–Trinajstić information content (AvgIpc) is 2.46. The summed E-state index contributed by atoms with van der Waals surface area (Å²) in [5, 5.41) is 2.50. The van der Waals surface area contributed by atoms with Crippen LogP contribution in [-0.2, 0) is 11.8 Å². The molecular weight excluding hydrogens is 279 g/mol. The van der Waals surface area contributed by atoms with E-state index in [1.54, 1.807) is 0 Å². The highest BCUT2D eigenvalue weighted by Gasteiger charge is 2.19. The van der Waals surface area contributed by atoms with E-state index in [1.165, 1.54) is 10.6 Å². The Morgan fingerprint density at radius 2 is 1.20 bits per heavy atom. The Morgan fingerprint density at radius 1 is 0.800 bits per heavy atom. The summed E-state index contributed by atoms with van der Waals surface area (Å²) in [4.78, 5) is 0. The second-order valence-corrected chi connectivity index (χ2v) is 10.4. The van der Waals surface area contributed by atoms with Gasteiger partial charge in [0.25, 0.3) is 0 Å². The van der Waals surface area contributed by atoms with Gasteiger partial charge < -0.3 is 0 Å². The fourth-order valence-electron chi connectivity index (χ4n) is 1.95. The Morgan fingerprint density at radius 3 is 1.55 bits per heavy atom. The van der Waals surface area contributed by atoms with Gasteiger partial charge in [0, 0.05) is 6.04 Å². The summed E-state index contributed by atoms with van der Waals surface area (Å²) in [5.41, 5.74) is 0.146. The number of benzene rings is 2. The summed E-state index contributed by atoms with van der Waals surface area (Å²) in [6.07, 6.45) is 2.26. The van der Waals surface area contributed by atoms with E-state index >= 15 is 0 Å². The molecule has 0 radical (unpaired) electrons. The van der Waals surface area contributed by atoms with E-state index in [-0.39, 0.29) is 5.41 Å². The fourth-order valence-corrected chi connectivity index (χ4v) is 5.39. The zero-order valence-electron chi connectivity index (χ0n) is 12.3. The number of hydrogen-bond acceptors (Lipinski definition) is 1. The molecule has 0 spiro atoms. The molecule has 0 unspecified atom stereocenters.